The summed E-state index contributed by atoms with van der Waals surface area (Å²) < 4.78 is 0. The van der Waals surface area contributed by atoms with Crippen molar-refractivity contribution in [2.45, 2.75) is 51.0 Å². The first-order valence-electron chi connectivity index (χ1n) is 10.6. The summed E-state index contributed by atoms with van der Waals surface area (Å²) in [5.41, 5.74) is 0. The van der Waals surface area contributed by atoms with Gasteiger partial charge in [0.25, 0.3) is 0 Å². The molecule has 152 valence electrons. The van der Waals surface area contributed by atoms with Crippen molar-refractivity contribution < 1.29 is 19.3 Å². The third-order valence-corrected chi connectivity index (χ3v) is 7.61. The van der Waals surface area contributed by atoms with Gasteiger partial charge in [0.1, 0.15) is 6.04 Å². The minimum absolute atomic E-state index is 0.0551. The van der Waals surface area contributed by atoms with Gasteiger partial charge in [-0.2, -0.15) is 0 Å². The van der Waals surface area contributed by atoms with Crippen LogP contribution in [0, 0.1) is 11.8 Å². The van der Waals surface area contributed by atoms with E-state index < -0.39 is 0 Å². The fraction of sp³-hybridized carbons (Fsp3) is 0.667. The molecule has 0 unspecified atom stereocenters. The monoisotopic (exact) mass is 404 g/mol. The van der Waals surface area contributed by atoms with Crippen LogP contribution in [-0.2, 0) is 14.4 Å². The molecule has 0 spiro atoms. The summed E-state index contributed by atoms with van der Waals surface area (Å²) in [6, 6.07) is 4.51. The lowest BCUT2D eigenvalue weighted by Gasteiger charge is -2.24. The van der Waals surface area contributed by atoms with E-state index in [-0.39, 0.29) is 42.5 Å². The smallest absolute Gasteiger partial charge is 0.233 e. The molecule has 1 aromatic rings. The van der Waals surface area contributed by atoms with Gasteiger partial charge in [0.15, 0.2) is 0 Å². The molecule has 6 nitrogen and oxygen atoms in total. The summed E-state index contributed by atoms with van der Waals surface area (Å²) in [4.78, 5) is 41.7. The number of thiophene rings is 1. The second-order valence-corrected chi connectivity index (χ2v) is 9.29. The molecule has 0 aromatic carbocycles. The highest BCUT2D eigenvalue weighted by Gasteiger charge is 2.47. The maximum absolute atomic E-state index is 12.5. The molecule has 7 heteroatoms. The molecule has 0 bridgehead atoms. The zero-order valence-electron chi connectivity index (χ0n) is 16.3. The van der Waals surface area contributed by atoms with Crippen LogP contribution in [0.15, 0.2) is 17.5 Å². The maximum atomic E-state index is 12.5. The molecule has 1 saturated carbocycles. The Bertz CT molecular complexity index is 690. The Balaban J connectivity index is 1.29. The number of amides is 3. The Kier molecular flexibility index (Phi) is 6.11. The van der Waals surface area contributed by atoms with E-state index in [2.05, 4.69) is 22.8 Å². The highest BCUT2D eigenvalue weighted by Crippen LogP contribution is 2.37. The van der Waals surface area contributed by atoms with Crippen molar-refractivity contribution in [1.29, 1.82) is 0 Å². The fourth-order valence-corrected chi connectivity index (χ4v) is 5.97. The zero-order valence-corrected chi connectivity index (χ0v) is 17.1. The first-order valence-corrected chi connectivity index (χ1v) is 11.5. The number of carbonyl (C=O) groups is 3. The van der Waals surface area contributed by atoms with Crippen LogP contribution in [0.5, 0.6) is 0 Å². The van der Waals surface area contributed by atoms with Crippen LogP contribution in [-0.4, -0.2) is 48.8 Å². The number of carbonyl (C=O) groups excluding carboxylic acids is 3. The van der Waals surface area contributed by atoms with E-state index >= 15 is 0 Å². The molecule has 3 atom stereocenters. The van der Waals surface area contributed by atoms with E-state index in [0.29, 0.717) is 12.6 Å². The van der Waals surface area contributed by atoms with Gasteiger partial charge in [0.2, 0.25) is 17.7 Å². The molecule has 0 radical (unpaired) electrons. The van der Waals surface area contributed by atoms with Gasteiger partial charge < -0.3 is 10.2 Å². The largest absolute Gasteiger partial charge is 0.350 e. The summed E-state index contributed by atoms with van der Waals surface area (Å²) >= 11 is 1.75. The molecule has 1 aliphatic carbocycles. The number of likely N-dealkylation sites (tertiary alicyclic amines) is 2. The number of hydrogen-bond acceptors (Lipinski definition) is 4. The second kappa shape index (κ2) is 8.74. The molecule has 2 aliphatic heterocycles. The van der Waals surface area contributed by atoms with Crippen LogP contribution in [0.3, 0.4) is 0 Å². The first kappa shape index (κ1) is 19.6. The summed E-state index contributed by atoms with van der Waals surface area (Å²) in [5.74, 6) is -0.450. The molecule has 2 saturated heterocycles. The number of imide groups is 1. The number of fused-ring (bicyclic) bond motifs is 1. The first-order chi connectivity index (χ1) is 13.6. The zero-order chi connectivity index (χ0) is 19.5. The Morgan fingerprint density at radius 2 is 1.82 bits per heavy atom. The van der Waals surface area contributed by atoms with Gasteiger partial charge >= 0.3 is 0 Å². The fourth-order valence-electron chi connectivity index (χ4n) is 5.08. The Labute approximate surface area is 170 Å². The normalized spacial score (nSPS) is 26.5. The molecule has 3 aliphatic rings. The van der Waals surface area contributed by atoms with Crippen LogP contribution in [0.2, 0.25) is 0 Å². The van der Waals surface area contributed by atoms with Crippen molar-refractivity contribution >= 4 is 29.1 Å². The molecule has 4 rings (SSSR count). The Hall–Kier alpha value is -1.73. The lowest BCUT2D eigenvalue weighted by molar-refractivity contribution is -0.918. The topological polar surface area (TPSA) is 70.9 Å². The molecule has 2 N–H and O–H groups in total. The average Bonchev–Trinajstić information content (AvgIpc) is 3.45. The molecule has 3 fully saturated rings. The van der Waals surface area contributed by atoms with Crippen LogP contribution >= 0.6 is 11.3 Å². The lowest BCUT2D eigenvalue weighted by Crippen LogP contribution is -3.11. The maximum Gasteiger partial charge on any atom is 0.233 e. The van der Waals surface area contributed by atoms with E-state index in [1.807, 2.05) is 0 Å². The summed E-state index contributed by atoms with van der Waals surface area (Å²) in [5, 5.41) is 5.15. The van der Waals surface area contributed by atoms with Gasteiger partial charge in [-0.3, -0.25) is 19.3 Å². The Morgan fingerprint density at radius 3 is 2.43 bits per heavy atom. The number of nitrogens with zero attached hydrogens (tertiary/aromatic N) is 1. The van der Waals surface area contributed by atoms with Gasteiger partial charge in [0.05, 0.1) is 36.3 Å². The van der Waals surface area contributed by atoms with Gasteiger partial charge in [-0.25, -0.2) is 0 Å². The SMILES string of the molecule is O=C(CCN1C(=O)[C@H]2CCCC[C@H]2C1=O)NC[C@H](c1cccs1)[NH+]1CCCC1. The minimum atomic E-state index is -0.133. The van der Waals surface area contributed by atoms with Crippen LogP contribution in [0.1, 0.15) is 55.9 Å². The van der Waals surface area contributed by atoms with Gasteiger partial charge in [-0.05, 0) is 24.3 Å². The standard InChI is InChI=1S/C21H29N3O3S/c25-19(9-12-24-20(26)15-6-1-2-7-16(15)21(24)27)22-14-17(18-8-5-13-28-18)23-10-3-4-11-23/h5,8,13,15-17H,1-4,6-7,9-12,14H2,(H,22,25)/p+1/t15-,16+,17-/m1/s1. The van der Waals surface area contributed by atoms with E-state index in [1.165, 1.54) is 27.5 Å². The Morgan fingerprint density at radius 1 is 1.14 bits per heavy atom. The van der Waals surface area contributed by atoms with E-state index in [4.69, 9.17) is 0 Å². The third-order valence-electron chi connectivity index (χ3n) is 6.62. The predicted octanol–water partition coefficient (Wildman–Crippen LogP) is 1.15. The number of quaternary nitrogens is 1. The van der Waals surface area contributed by atoms with Crippen LogP contribution in [0.4, 0.5) is 0 Å². The van der Waals surface area contributed by atoms with Crippen molar-refractivity contribution in [2.24, 2.45) is 11.8 Å². The minimum Gasteiger partial charge on any atom is -0.350 e. The van der Waals surface area contributed by atoms with Gasteiger partial charge in [-0.1, -0.05) is 18.9 Å². The van der Waals surface area contributed by atoms with E-state index in [0.717, 1.165) is 38.8 Å². The van der Waals surface area contributed by atoms with E-state index in [1.54, 1.807) is 11.3 Å². The molecular weight excluding hydrogens is 374 g/mol. The summed E-state index contributed by atoms with van der Waals surface area (Å²) in [6.45, 7) is 3.13. The highest BCUT2D eigenvalue weighted by molar-refractivity contribution is 7.10. The number of hydrogen-bond donors (Lipinski definition) is 2. The summed E-state index contributed by atoms with van der Waals surface area (Å²) in [7, 11) is 0. The quantitative estimate of drug-likeness (QED) is 0.670. The molecule has 3 heterocycles. The molecule has 1 aromatic heterocycles. The van der Waals surface area contributed by atoms with Crippen molar-refractivity contribution in [1.82, 2.24) is 10.2 Å². The average molecular weight is 405 g/mol. The predicted molar refractivity (Wildman–Crippen MR) is 107 cm³/mol. The third kappa shape index (κ3) is 4.01. The second-order valence-electron chi connectivity index (χ2n) is 8.31. The molecular formula is C21H30N3O3S+. The molecule has 3 amide bonds. The van der Waals surface area contributed by atoms with Crippen molar-refractivity contribution in [3.63, 3.8) is 0 Å². The van der Waals surface area contributed by atoms with E-state index in [9.17, 15) is 14.4 Å². The lowest BCUT2D eigenvalue weighted by atomic mass is 9.81. The highest BCUT2D eigenvalue weighted by atomic mass is 32.1. The van der Waals surface area contributed by atoms with Gasteiger partial charge in [-0.15, -0.1) is 11.3 Å². The van der Waals surface area contributed by atoms with Crippen molar-refractivity contribution in [3.05, 3.63) is 22.4 Å². The van der Waals surface area contributed by atoms with Crippen LogP contribution < -0.4 is 10.2 Å². The number of nitrogens with one attached hydrogen (secondary N) is 2. The molecule has 28 heavy (non-hydrogen) atoms. The van der Waals surface area contributed by atoms with Gasteiger partial charge in [0, 0.05) is 25.8 Å². The van der Waals surface area contributed by atoms with Crippen molar-refractivity contribution in [2.75, 3.05) is 26.2 Å². The summed E-state index contributed by atoms with van der Waals surface area (Å²) in [6.07, 6.45) is 6.37. The van der Waals surface area contributed by atoms with Crippen molar-refractivity contribution in [3.8, 4) is 0 Å². The van der Waals surface area contributed by atoms with Crippen LogP contribution in [0.25, 0.3) is 0 Å². The number of rotatable bonds is 7.